The van der Waals surface area contributed by atoms with Crippen LogP contribution in [-0.4, -0.2) is 19.0 Å². The molecule has 18 heavy (non-hydrogen) atoms. The first-order valence-electron chi connectivity index (χ1n) is 5.15. The molecule has 2 rings (SSSR count). The van der Waals surface area contributed by atoms with E-state index in [0.717, 1.165) is 4.88 Å². The lowest BCUT2D eigenvalue weighted by atomic mass is 10.3. The van der Waals surface area contributed by atoms with Crippen molar-refractivity contribution in [3.63, 3.8) is 0 Å². The van der Waals surface area contributed by atoms with Crippen molar-refractivity contribution in [3.05, 3.63) is 38.9 Å². The molecule has 2 heterocycles. The van der Waals surface area contributed by atoms with Crippen molar-refractivity contribution in [2.75, 3.05) is 12.4 Å². The molecule has 6 heteroatoms. The predicted molar refractivity (Wildman–Crippen MR) is 72.7 cm³/mol. The lowest BCUT2D eigenvalue weighted by molar-refractivity contribution is 0.0602. The van der Waals surface area contributed by atoms with Crippen molar-refractivity contribution in [2.45, 2.75) is 6.92 Å². The number of carbonyl (C=O) groups is 2. The third-order valence-electron chi connectivity index (χ3n) is 2.23. The second kappa shape index (κ2) is 5.32. The van der Waals surface area contributed by atoms with Crippen molar-refractivity contribution in [3.8, 4) is 0 Å². The lowest BCUT2D eigenvalue weighted by Gasteiger charge is -2.03. The Morgan fingerprint density at radius 1 is 1.39 bits per heavy atom. The molecule has 0 aliphatic carbocycles. The minimum absolute atomic E-state index is 0.211. The van der Waals surface area contributed by atoms with E-state index in [0.29, 0.717) is 15.4 Å². The van der Waals surface area contributed by atoms with Gasteiger partial charge in [0, 0.05) is 4.88 Å². The van der Waals surface area contributed by atoms with Gasteiger partial charge in [0.25, 0.3) is 5.91 Å². The summed E-state index contributed by atoms with van der Waals surface area (Å²) in [5.74, 6) is -0.655. The molecule has 0 aromatic carbocycles. The van der Waals surface area contributed by atoms with Crippen LogP contribution in [-0.2, 0) is 4.74 Å². The molecule has 0 saturated carbocycles. The van der Waals surface area contributed by atoms with E-state index in [4.69, 9.17) is 0 Å². The van der Waals surface area contributed by atoms with Crippen molar-refractivity contribution >= 4 is 39.6 Å². The summed E-state index contributed by atoms with van der Waals surface area (Å²) in [6.45, 7) is 1.87. The van der Waals surface area contributed by atoms with E-state index in [1.54, 1.807) is 18.2 Å². The van der Waals surface area contributed by atoms with Crippen molar-refractivity contribution in [1.82, 2.24) is 0 Å². The molecule has 94 valence electrons. The highest BCUT2D eigenvalue weighted by Gasteiger charge is 2.18. The lowest BCUT2D eigenvalue weighted by Crippen LogP contribution is -2.12. The van der Waals surface area contributed by atoms with Gasteiger partial charge in [0.15, 0.2) is 0 Å². The molecule has 0 atom stereocenters. The Labute approximate surface area is 112 Å². The topological polar surface area (TPSA) is 55.4 Å². The summed E-state index contributed by atoms with van der Waals surface area (Å²) in [4.78, 5) is 25.0. The first kappa shape index (κ1) is 12.8. The fourth-order valence-electron chi connectivity index (χ4n) is 1.44. The molecule has 0 radical (unpaired) electrons. The second-order valence-electron chi connectivity index (χ2n) is 3.52. The normalized spacial score (nSPS) is 10.1. The molecule has 0 unspecified atom stereocenters. The number of anilines is 1. The van der Waals surface area contributed by atoms with Crippen LogP contribution >= 0.6 is 22.7 Å². The SMILES string of the molecule is COC(=O)c1cc(C)sc1NC(=O)c1cccs1. The van der Waals surface area contributed by atoms with Crippen LogP contribution in [0.2, 0.25) is 0 Å². The number of ether oxygens (including phenoxy) is 1. The number of esters is 1. The molecule has 0 aliphatic rings. The highest BCUT2D eigenvalue weighted by atomic mass is 32.1. The summed E-state index contributed by atoms with van der Waals surface area (Å²) < 4.78 is 4.68. The Hall–Kier alpha value is -1.66. The van der Waals surface area contributed by atoms with Gasteiger partial charge in [-0.05, 0) is 24.4 Å². The average Bonchev–Trinajstić information content (AvgIpc) is 2.97. The molecule has 2 aromatic rings. The van der Waals surface area contributed by atoms with E-state index in [-0.39, 0.29) is 5.91 Å². The standard InChI is InChI=1S/C12H11NO3S2/c1-7-6-8(12(15)16-2)11(18-7)13-10(14)9-4-3-5-17-9/h3-6H,1-2H3,(H,13,14). The Bertz CT molecular complexity index is 572. The first-order chi connectivity index (χ1) is 8.61. The zero-order chi connectivity index (χ0) is 13.1. The summed E-state index contributed by atoms with van der Waals surface area (Å²) in [6, 6.07) is 5.25. The van der Waals surface area contributed by atoms with E-state index in [9.17, 15) is 9.59 Å². The molecular formula is C12H11NO3S2. The van der Waals surface area contributed by atoms with Gasteiger partial charge in [-0.3, -0.25) is 4.79 Å². The van der Waals surface area contributed by atoms with Gasteiger partial charge >= 0.3 is 5.97 Å². The van der Waals surface area contributed by atoms with Gasteiger partial charge in [-0.15, -0.1) is 22.7 Å². The molecule has 2 aromatic heterocycles. The van der Waals surface area contributed by atoms with E-state index in [1.807, 2.05) is 12.3 Å². The zero-order valence-corrected chi connectivity index (χ0v) is 11.5. The number of carbonyl (C=O) groups excluding carboxylic acids is 2. The van der Waals surface area contributed by atoms with Gasteiger partial charge < -0.3 is 10.1 Å². The van der Waals surface area contributed by atoms with Crippen LogP contribution in [0, 0.1) is 6.92 Å². The highest BCUT2D eigenvalue weighted by Crippen LogP contribution is 2.28. The molecule has 1 N–H and O–H groups in total. The Balaban J connectivity index is 2.24. The summed E-state index contributed by atoms with van der Waals surface area (Å²) in [5, 5.41) is 5.09. The number of rotatable bonds is 3. The van der Waals surface area contributed by atoms with Crippen molar-refractivity contribution in [2.24, 2.45) is 0 Å². The molecule has 0 spiro atoms. The zero-order valence-electron chi connectivity index (χ0n) is 9.85. The largest absolute Gasteiger partial charge is 0.465 e. The van der Waals surface area contributed by atoms with Crippen LogP contribution in [0.5, 0.6) is 0 Å². The van der Waals surface area contributed by atoms with Gasteiger partial charge in [-0.1, -0.05) is 6.07 Å². The molecule has 0 saturated heterocycles. The van der Waals surface area contributed by atoms with Crippen LogP contribution in [0.3, 0.4) is 0 Å². The fourth-order valence-corrected chi connectivity index (χ4v) is 2.95. The molecule has 0 fully saturated rings. The summed E-state index contributed by atoms with van der Waals surface area (Å²) in [5.41, 5.74) is 0.393. The number of hydrogen-bond acceptors (Lipinski definition) is 5. The number of aryl methyl sites for hydroxylation is 1. The second-order valence-corrected chi connectivity index (χ2v) is 5.73. The number of hydrogen-bond donors (Lipinski definition) is 1. The number of methoxy groups -OCH3 is 1. The Kier molecular flexibility index (Phi) is 3.78. The van der Waals surface area contributed by atoms with E-state index in [2.05, 4.69) is 10.1 Å². The molecule has 0 aliphatic heterocycles. The van der Waals surface area contributed by atoms with Crippen LogP contribution < -0.4 is 5.32 Å². The highest BCUT2D eigenvalue weighted by molar-refractivity contribution is 7.17. The minimum atomic E-state index is -0.444. The quantitative estimate of drug-likeness (QED) is 0.879. The number of thiophene rings is 2. The molecule has 1 amide bonds. The van der Waals surface area contributed by atoms with Crippen molar-refractivity contribution < 1.29 is 14.3 Å². The summed E-state index contributed by atoms with van der Waals surface area (Å²) in [7, 11) is 1.32. The maximum Gasteiger partial charge on any atom is 0.340 e. The monoisotopic (exact) mass is 281 g/mol. The maximum absolute atomic E-state index is 11.9. The van der Waals surface area contributed by atoms with Crippen LogP contribution in [0.15, 0.2) is 23.6 Å². The summed E-state index contributed by atoms with van der Waals surface area (Å²) in [6.07, 6.45) is 0. The van der Waals surface area contributed by atoms with Gasteiger partial charge in [-0.25, -0.2) is 4.79 Å². The smallest absolute Gasteiger partial charge is 0.340 e. The van der Waals surface area contributed by atoms with E-state index >= 15 is 0 Å². The minimum Gasteiger partial charge on any atom is -0.465 e. The van der Waals surface area contributed by atoms with Crippen molar-refractivity contribution in [1.29, 1.82) is 0 Å². The number of nitrogens with one attached hydrogen (secondary N) is 1. The van der Waals surface area contributed by atoms with Crippen LogP contribution in [0.1, 0.15) is 24.9 Å². The van der Waals surface area contributed by atoms with Gasteiger partial charge in [-0.2, -0.15) is 0 Å². The Morgan fingerprint density at radius 3 is 2.78 bits per heavy atom. The molecule has 0 bridgehead atoms. The van der Waals surface area contributed by atoms with Gasteiger partial charge in [0.05, 0.1) is 17.6 Å². The summed E-state index contributed by atoms with van der Waals surface area (Å²) >= 11 is 2.71. The van der Waals surface area contributed by atoms with Crippen LogP contribution in [0.4, 0.5) is 5.00 Å². The third kappa shape index (κ3) is 2.60. The average molecular weight is 281 g/mol. The van der Waals surface area contributed by atoms with Gasteiger partial charge in [0.1, 0.15) is 5.00 Å². The molecular weight excluding hydrogens is 270 g/mol. The Morgan fingerprint density at radius 2 is 2.17 bits per heavy atom. The van der Waals surface area contributed by atoms with E-state index < -0.39 is 5.97 Å². The third-order valence-corrected chi connectivity index (χ3v) is 4.07. The van der Waals surface area contributed by atoms with Gasteiger partial charge in [0.2, 0.25) is 0 Å². The first-order valence-corrected chi connectivity index (χ1v) is 6.85. The molecule has 4 nitrogen and oxygen atoms in total. The van der Waals surface area contributed by atoms with E-state index in [1.165, 1.54) is 29.8 Å². The maximum atomic E-state index is 11.9. The van der Waals surface area contributed by atoms with Crippen LogP contribution in [0.25, 0.3) is 0 Å². The fraction of sp³-hybridized carbons (Fsp3) is 0.167. The predicted octanol–water partition coefficient (Wildman–Crippen LogP) is 3.16. The number of amides is 1.